The second-order valence-corrected chi connectivity index (χ2v) is 2.52. The van der Waals surface area contributed by atoms with Crippen molar-refractivity contribution in [2.75, 3.05) is 7.11 Å². The van der Waals surface area contributed by atoms with E-state index in [4.69, 9.17) is 0 Å². The summed E-state index contributed by atoms with van der Waals surface area (Å²) in [6, 6.07) is 0. The number of H-pyrrole nitrogens is 1. The first-order valence-corrected chi connectivity index (χ1v) is 4.00. The molecule has 0 bridgehead atoms. The van der Waals surface area contributed by atoms with Crippen LogP contribution in [0.25, 0.3) is 6.08 Å². The Morgan fingerprint density at radius 3 is 3.07 bits per heavy atom. The standard InChI is InChI=1S/C9H10N2O3/c1-14-9(13)4-2-3-7-5-11-8(12)6-10-7/h2-3,5-6H,4H2,1H3,(H,11,12). The largest absolute Gasteiger partial charge is 0.469 e. The fourth-order valence-electron chi connectivity index (χ4n) is 0.803. The van der Waals surface area contributed by atoms with E-state index in [2.05, 4.69) is 14.7 Å². The van der Waals surface area contributed by atoms with Crippen LogP contribution in [0.1, 0.15) is 12.1 Å². The van der Waals surface area contributed by atoms with Crippen molar-refractivity contribution in [3.8, 4) is 0 Å². The molecule has 74 valence electrons. The molecular weight excluding hydrogens is 184 g/mol. The normalized spacial score (nSPS) is 10.4. The summed E-state index contributed by atoms with van der Waals surface area (Å²) in [5, 5.41) is 0. The number of methoxy groups -OCH3 is 1. The van der Waals surface area contributed by atoms with Crippen LogP contribution in [0.2, 0.25) is 0 Å². The SMILES string of the molecule is COC(=O)CC=Cc1c[nH]c(=O)cn1. The van der Waals surface area contributed by atoms with E-state index >= 15 is 0 Å². The zero-order valence-corrected chi connectivity index (χ0v) is 7.69. The monoisotopic (exact) mass is 194 g/mol. The number of esters is 1. The summed E-state index contributed by atoms with van der Waals surface area (Å²) < 4.78 is 4.44. The number of nitrogens with one attached hydrogen (secondary N) is 1. The number of hydrogen-bond acceptors (Lipinski definition) is 4. The Morgan fingerprint density at radius 2 is 2.50 bits per heavy atom. The van der Waals surface area contributed by atoms with Crippen molar-refractivity contribution in [2.45, 2.75) is 6.42 Å². The van der Waals surface area contributed by atoms with Gasteiger partial charge in [-0.3, -0.25) is 9.59 Å². The molecule has 0 amide bonds. The van der Waals surface area contributed by atoms with Crippen LogP contribution >= 0.6 is 0 Å². The quantitative estimate of drug-likeness (QED) is 0.704. The van der Waals surface area contributed by atoms with Crippen LogP contribution in [-0.4, -0.2) is 23.0 Å². The van der Waals surface area contributed by atoms with E-state index in [0.717, 1.165) is 0 Å². The average Bonchev–Trinajstić information content (AvgIpc) is 2.21. The van der Waals surface area contributed by atoms with Crippen molar-refractivity contribution in [3.63, 3.8) is 0 Å². The first kappa shape index (κ1) is 10.2. The molecule has 1 N–H and O–H groups in total. The first-order valence-electron chi connectivity index (χ1n) is 4.00. The third-order valence-electron chi connectivity index (χ3n) is 1.49. The molecule has 0 radical (unpaired) electrons. The summed E-state index contributed by atoms with van der Waals surface area (Å²) in [4.78, 5) is 27.6. The number of ether oxygens (including phenoxy) is 1. The van der Waals surface area contributed by atoms with Crippen molar-refractivity contribution in [1.82, 2.24) is 9.97 Å². The van der Waals surface area contributed by atoms with Gasteiger partial charge in [0.2, 0.25) is 0 Å². The fourth-order valence-corrected chi connectivity index (χ4v) is 0.803. The Morgan fingerprint density at radius 1 is 1.71 bits per heavy atom. The highest BCUT2D eigenvalue weighted by atomic mass is 16.5. The molecular formula is C9H10N2O3. The molecule has 0 aliphatic rings. The minimum atomic E-state index is -0.314. The summed E-state index contributed by atoms with van der Waals surface area (Å²) >= 11 is 0. The maximum absolute atomic E-state index is 10.7. The number of nitrogens with zero attached hydrogens (tertiary/aromatic N) is 1. The van der Waals surface area contributed by atoms with Gasteiger partial charge >= 0.3 is 5.97 Å². The van der Waals surface area contributed by atoms with E-state index in [1.807, 2.05) is 0 Å². The van der Waals surface area contributed by atoms with Gasteiger partial charge in [0, 0.05) is 6.20 Å². The van der Waals surface area contributed by atoms with E-state index in [1.54, 1.807) is 12.2 Å². The van der Waals surface area contributed by atoms with Gasteiger partial charge in [-0.1, -0.05) is 6.08 Å². The molecule has 0 fully saturated rings. The molecule has 5 nitrogen and oxygen atoms in total. The minimum absolute atomic E-state index is 0.192. The summed E-state index contributed by atoms with van der Waals surface area (Å²) in [7, 11) is 1.33. The summed E-state index contributed by atoms with van der Waals surface area (Å²) in [6.07, 6.45) is 6.09. The van der Waals surface area contributed by atoms with Crippen LogP contribution in [0.4, 0.5) is 0 Å². The molecule has 0 atom stereocenters. The predicted octanol–water partition coefficient (Wildman–Crippen LogP) is 0.346. The van der Waals surface area contributed by atoms with Gasteiger partial charge in [0.05, 0.1) is 25.4 Å². The molecule has 1 heterocycles. The van der Waals surface area contributed by atoms with E-state index < -0.39 is 0 Å². The maximum Gasteiger partial charge on any atom is 0.309 e. The molecule has 5 heteroatoms. The van der Waals surface area contributed by atoms with Crippen LogP contribution in [-0.2, 0) is 9.53 Å². The summed E-state index contributed by atoms with van der Waals surface area (Å²) in [5.74, 6) is -0.314. The Hall–Kier alpha value is -1.91. The molecule has 14 heavy (non-hydrogen) atoms. The van der Waals surface area contributed by atoms with Gasteiger partial charge in [0.1, 0.15) is 0 Å². The van der Waals surface area contributed by atoms with E-state index in [9.17, 15) is 9.59 Å². The topological polar surface area (TPSA) is 72.1 Å². The van der Waals surface area contributed by atoms with Gasteiger partial charge in [-0.2, -0.15) is 0 Å². The van der Waals surface area contributed by atoms with Crippen LogP contribution < -0.4 is 5.56 Å². The van der Waals surface area contributed by atoms with Gasteiger partial charge in [0.15, 0.2) is 0 Å². The molecule has 0 aromatic carbocycles. The van der Waals surface area contributed by atoms with Crippen molar-refractivity contribution in [2.24, 2.45) is 0 Å². The Kier molecular flexibility index (Phi) is 3.60. The van der Waals surface area contributed by atoms with Crippen LogP contribution in [0, 0.1) is 0 Å². The van der Waals surface area contributed by atoms with Crippen LogP contribution in [0.3, 0.4) is 0 Å². The van der Waals surface area contributed by atoms with E-state index in [1.165, 1.54) is 19.5 Å². The fraction of sp³-hybridized carbons (Fsp3) is 0.222. The van der Waals surface area contributed by atoms with Gasteiger partial charge in [-0.05, 0) is 6.08 Å². The molecule has 0 saturated carbocycles. The first-order chi connectivity index (χ1) is 6.72. The number of rotatable bonds is 3. The smallest absolute Gasteiger partial charge is 0.309 e. The van der Waals surface area contributed by atoms with Crippen molar-refractivity contribution < 1.29 is 9.53 Å². The predicted molar refractivity (Wildman–Crippen MR) is 50.5 cm³/mol. The Labute approximate surface area is 80.4 Å². The lowest BCUT2D eigenvalue weighted by Gasteiger charge is -1.92. The highest BCUT2D eigenvalue weighted by Crippen LogP contribution is 1.95. The Balaban J connectivity index is 2.56. The van der Waals surface area contributed by atoms with Gasteiger partial charge in [-0.15, -0.1) is 0 Å². The number of carbonyl (C=O) groups is 1. The summed E-state index contributed by atoms with van der Waals surface area (Å²) in [6.45, 7) is 0. The zero-order chi connectivity index (χ0) is 10.4. The van der Waals surface area contributed by atoms with Gasteiger partial charge in [-0.25, -0.2) is 4.98 Å². The minimum Gasteiger partial charge on any atom is -0.469 e. The lowest BCUT2D eigenvalue weighted by atomic mass is 10.3. The molecule has 0 aliphatic carbocycles. The van der Waals surface area contributed by atoms with Crippen LogP contribution in [0.15, 0.2) is 23.3 Å². The lowest BCUT2D eigenvalue weighted by molar-refractivity contribution is -0.139. The van der Waals surface area contributed by atoms with Gasteiger partial charge in [0.25, 0.3) is 5.56 Å². The molecule has 0 saturated heterocycles. The molecule has 0 spiro atoms. The molecule has 1 aromatic rings. The second-order valence-electron chi connectivity index (χ2n) is 2.52. The zero-order valence-electron chi connectivity index (χ0n) is 7.69. The number of aromatic nitrogens is 2. The Bertz CT molecular complexity index is 375. The maximum atomic E-state index is 10.7. The van der Waals surface area contributed by atoms with Gasteiger partial charge < -0.3 is 9.72 Å². The number of aromatic amines is 1. The number of hydrogen-bond donors (Lipinski definition) is 1. The third-order valence-corrected chi connectivity index (χ3v) is 1.49. The highest BCUT2D eigenvalue weighted by molar-refractivity contribution is 5.72. The van der Waals surface area contributed by atoms with Crippen molar-refractivity contribution in [1.29, 1.82) is 0 Å². The molecule has 0 unspecified atom stereocenters. The van der Waals surface area contributed by atoms with Crippen molar-refractivity contribution in [3.05, 3.63) is 34.5 Å². The highest BCUT2D eigenvalue weighted by Gasteiger charge is 1.94. The molecule has 0 aliphatic heterocycles. The van der Waals surface area contributed by atoms with Crippen LogP contribution in [0.5, 0.6) is 0 Å². The lowest BCUT2D eigenvalue weighted by Crippen LogP contribution is -2.04. The second kappa shape index (κ2) is 4.96. The van der Waals surface area contributed by atoms with Crippen molar-refractivity contribution >= 4 is 12.0 Å². The molecule has 1 rings (SSSR count). The average molecular weight is 194 g/mol. The summed E-state index contributed by atoms with van der Waals surface area (Å²) in [5.41, 5.74) is 0.337. The van der Waals surface area contributed by atoms with E-state index in [-0.39, 0.29) is 17.9 Å². The third kappa shape index (κ3) is 3.22. The molecule has 1 aromatic heterocycles. The number of carbonyl (C=O) groups excluding carboxylic acids is 1. The van der Waals surface area contributed by atoms with E-state index in [0.29, 0.717) is 5.69 Å².